The number of benzene rings is 3. The van der Waals surface area contributed by atoms with Crippen LogP contribution in [0.2, 0.25) is 5.02 Å². The van der Waals surface area contributed by atoms with Crippen LogP contribution in [-0.4, -0.2) is 7.11 Å². The molecule has 3 rings (SSSR count). The van der Waals surface area contributed by atoms with Crippen molar-refractivity contribution in [2.45, 2.75) is 26.1 Å². The van der Waals surface area contributed by atoms with Crippen molar-refractivity contribution < 1.29 is 31.4 Å². The van der Waals surface area contributed by atoms with Crippen LogP contribution in [0.4, 0.5) is 27.6 Å². The molecule has 0 unspecified atom stereocenters. The minimum atomic E-state index is -4.47. The predicted molar refractivity (Wildman–Crippen MR) is 113 cm³/mol. The first-order valence-corrected chi connectivity index (χ1v) is 9.87. The van der Waals surface area contributed by atoms with Gasteiger partial charge in [0.2, 0.25) is 0 Å². The maximum atomic E-state index is 13.9. The third-order valence-corrected chi connectivity index (χ3v) is 5.16. The number of nitrogen functional groups attached to an aromatic ring is 1. The van der Waals surface area contributed by atoms with Crippen LogP contribution in [0.25, 0.3) is 11.1 Å². The number of hydrogen-bond acceptors (Lipinski definition) is 3. The second-order valence-corrected chi connectivity index (χ2v) is 7.38. The molecule has 0 radical (unpaired) electrons. The molecule has 3 aromatic carbocycles. The molecular weight excluding hydrogens is 453 g/mol. The molecule has 0 aliphatic carbocycles. The number of methoxy groups -OCH3 is 1. The Hall–Kier alpha value is -3.00. The molecule has 0 amide bonds. The molecule has 9 heteroatoms. The fourth-order valence-electron chi connectivity index (χ4n) is 3.29. The molecule has 170 valence electrons. The number of aryl methyl sites for hydroxylation is 1. The number of halogens is 6. The third kappa shape index (κ3) is 4.91. The Bertz CT molecular complexity index is 1120. The van der Waals surface area contributed by atoms with Crippen LogP contribution in [0.1, 0.15) is 23.6 Å². The second-order valence-electron chi connectivity index (χ2n) is 6.97. The Morgan fingerprint density at radius 3 is 2.19 bits per heavy atom. The summed E-state index contributed by atoms with van der Waals surface area (Å²) in [5.74, 6) is -2.11. The van der Waals surface area contributed by atoms with Gasteiger partial charge >= 0.3 is 6.18 Å². The molecule has 0 saturated carbocycles. The zero-order valence-corrected chi connectivity index (χ0v) is 17.9. The van der Waals surface area contributed by atoms with Crippen molar-refractivity contribution in [3.63, 3.8) is 0 Å². The summed E-state index contributed by atoms with van der Waals surface area (Å²) in [4.78, 5) is 0. The average molecular weight is 472 g/mol. The number of anilines is 1. The van der Waals surface area contributed by atoms with E-state index in [0.717, 1.165) is 31.4 Å². The van der Waals surface area contributed by atoms with Crippen molar-refractivity contribution in [1.29, 1.82) is 0 Å². The Morgan fingerprint density at radius 2 is 1.62 bits per heavy atom. The highest BCUT2D eigenvalue weighted by Crippen LogP contribution is 2.39. The molecule has 0 fully saturated rings. The van der Waals surface area contributed by atoms with Crippen molar-refractivity contribution in [1.82, 2.24) is 0 Å². The van der Waals surface area contributed by atoms with Gasteiger partial charge in [-0.2, -0.15) is 13.2 Å². The molecule has 0 spiro atoms. The molecule has 0 bridgehead atoms. The summed E-state index contributed by atoms with van der Waals surface area (Å²) in [5, 5.41) is 0.144. The Labute approximate surface area is 186 Å². The van der Waals surface area contributed by atoms with E-state index in [1.54, 1.807) is 6.92 Å². The standard InChI is InChI=1S/C23H19ClF5NO2/c1-3-13-8-14(23(27,28)29)4-5-15(13)16-9-21(17(24)10-20(16)30)32-11-12-6-18(25)22(31-2)19(26)7-12/h4-10H,3,11,30H2,1-2H3. The fourth-order valence-corrected chi connectivity index (χ4v) is 3.52. The van der Waals surface area contributed by atoms with Gasteiger partial charge in [0.25, 0.3) is 0 Å². The molecular formula is C23H19ClF5NO2. The lowest BCUT2D eigenvalue weighted by molar-refractivity contribution is -0.137. The van der Waals surface area contributed by atoms with Gasteiger partial charge in [-0.1, -0.05) is 24.6 Å². The fraction of sp³-hybridized carbons (Fsp3) is 0.217. The maximum absolute atomic E-state index is 13.9. The first-order chi connectivity index (χ1) is 15.0. The van der Waals surface area contributed by atoms with E-state index >= 15 is 0 Å². The second kappa shape index (κ2) is 9.24. The summed E-state index contributed by atoms with van der Waals surface area (Å²) in [5.41, 5.74) is 7.13. The largest absolute Gasteiger partial charge is 0.491 e. The van der Waals surface area contributed by atoms with Crippen LogP contribution in [0.3, 0.4) is 0 Å². The van der Waals surface area contributed by atoms with Crippen LogP contribution in [0, 0.1) is 11.6 Å². The normalized spacial score (nSPS) is 11.5. The van der Waals surface area contributed by atoms with Gasteiger partial charge in [0, 0.05) is 11.3 Å². The third-order valence-electron chi connectivity index (χ3n) is 4.86. The van der Waals surface area contributed by atoms with Gasteiger partial charge in [0.1, 0.15) is 12.4 Å². The summed E-state index contributed by atoms with van der Waals surface area (Å²) in [6, 6.07) is 8.45. The molecule has 0 saturated heterocycles. The van der Waals surface area contributed by atoms with Gasteiger partial charge in [0.05, 0.1) is 17.7 Å². The number of hydrogen-bond donors (Lipinski definition) is 1. The minimum Gasteiger partial charge on any atom is -0.491 e. The van der Waals surface area contributed by atoms with Crippen molar-refractivity contribution >= 4 is 17.3 Å². The molecule has 3 nitrogen and oxygen atoms in total. The molecule has 0 aliphatic rings. The number of ether oxygens (including phenoxy) is 2. The van der Waals surface area contributed by atoms with Gasteiger partial charge in [-0.15, -0.1) is 0 Å². The van der Waals surface area contributed by atoms with Crippen LogP contribution in [0.5, 0.6) is 11.5 Å². The SMILES string of the molecule is CCc1cc(C(F)(F)F)ccc1-c1cc(OCc2cc(F)c(OC)c(F)c2)c(Cl)cc1N. The lowest BCUT2D eigenvalue weighted by atomic mass is 9.94. The highest BCUT2D eigenvalue weighted by Gasteiger charge is 2.31. The summed E-state index contributed by atoms with van der Waals surface area (Å²) in [6.45, 7) is 1.52. The first-order valence-electron chi connectivity index (χ1n) is 9.49. The van der Waals surface area contributed by atoms with Gasteiger partial charge in [0.15, 0.2) is 17.4 Å². The lowest BCUT2D eigenvalue weighted by Crippen LogP contribution is -2.06. The highest BCUT2D eigenvalue weighted by atomic mass is 35.5. The summed E-state index contributed by atoms with van der Waals surface area (Å²) < 4.78 is 77.3. The summed E-state index contributed by atoms with van der Waals surface area (Å²) >= 11 is 6.20. The van der Waals surface area contributed by atoms with Crippen LogP contribution in [-0.2, 0) is 19.2 Å². The summed E-state index contributed by atoms with van der Waals surface area (Å²) in [7, 11) is 1.15. The van der Waals surface area contributed by atoms with E-state index in [9.17, 15) is 22.0 Å². The van der Waals surface area contributed by atoms with Crippen molar-refractivity contribution in [2.75, 3.05) is 12.8 Å². The highest BCUT2D eigenvalue weighted by molar-refractivity contribution is 6.32. The average Bonchev–Trinajstić information content (AvgIpc) is 2.72. The molecule has 32 heavy (non-hydrogen) atoms. The lowest BCUT2D eigenvalue weighted by Gasteiger charge is -2.17. The van der Waals surface area contributed by atoms with E-state index in [1.807, 2.05) is 0 Å². The predicted octanol–water partition coefficient (Wildman–Crippen LogP) is 7.04. The number of rotatable bonds is 6. The minimum absolute atomic E-state index is 0.144. The van der Waals surface area contributed by atoms with E-state index in [2.05, 4.69) is 4.74 Å². The van der Waals surface area contributed by atoms with Crippen LogP contribution < -0.4 is 15.2 Å². The molecule has 2 N–H and O–H groups in total. The zero-order chi connectivity index (χ0) is 23.6. The van der Waals surface area contributed by atoms with Crippen LogP contribution in [0.15, 0.2) is 42.5 Å². The monoisotopic (exact) mass is 471 g/mol. The van der Waals surface area contributed by atoms with Crippen LogP contribution >= 0.6 is 11.6 Å². The number of nitrogens with two attached hydrogens (primary N) is 1. The Kier molecular flexibility index (Phi) is 6.83. The van der Waals surface area contributed by atoms with Crippen molar-refractivity contribution in [3.8, 4) is 22.6 Å². The maximum Gasteiger partial charge on any atom is 0.416 e. The molecule has 0 heterocycles. The van der Waals surface area contributed by atoms with Gasteiger partial charge < -0.3 is 15.2 Å². The van der Waals surface area contributed by atoms with Gasteiger partial charge in [-0.05, 0) is 59.5 Å². The van der Waals surface area contributed by atoms with E-state index in [1.165, 1.54) is 18.2 Å². The first kappa shape index (κ1) is 23.7. The quantitative estimate of drug-likeness (QED) is 0.310. The summed E-state index contributed by atoms with van der Waals surface area (Å²) in [6.07, 6.45) is -4.13. The Balaban J connectivity index is 1.95. The molecule has 0 atom stereocenters. The molecule has 0 aliphatic heterocycles. The van der Waals surface area contributed by atoms with E-state index < -0.39 is 29.1 Å². The molecule has 0 aromatic heterocycles. The van der Waals surface area contributed by atoms with Gasteiger partial charge in [-0.3, -0.25) is 0 Å². The van der Waals surface area contributed by atoms with Crippen molar-refractivity contribution in [3.05, 3.63) is 75.8 Å². The number of alkyl halides is 3. The Morgan fingerprint density at radius 1 is 0.969 bits per heavy atom. The van der Waals surface area contributed by atoms with E-state index in [-0.39, 0.29) is 28.6 Å². The van der Waals surface area contributed by atoms with Gasteiger partial charge in [-0.25, -0.2) is 8.78 Å². The van der Waals surface area contributed by atoms with E-state index in [0.29, 0.717) is 23.1 Å². The topological polar surface area (TPSA) is 44.5 Å². The zero-order valence-electron chi connectivity index (χ0n) is 17.1. The van der Waals surface area contributed by atoms with Crippen molar-refractivity contribution in [2.24, 2.45) is 0 Å². The van der Waals surface area contributed by atoms with E-state index in [4.69, 9.17) is 22.1 Å². The molecule has 3 aromatic rings. The smallest absolute Gasteiger partial charge is 0.416 e.